The Morgan fingerprint density at radius 1 is 1.04 bits per heavy atom. The van der Waals surface area contributed by atoms with Crippen LogP contribution in [0.1, 0.15) is 5.69 Å². The van der Waals surface area contributed by atoms with Crippen molar-refractivity contribution >= 4 is 15.7 Å². The molecule has 4 rings (SSSR count). The molecule has 1 aliphatic rings. The largest absolute Gasteiger partial charge is 0.497 e. The van der Waals surface area contributed by atoms with E-state index in [1.165, 1.54) is 0 Å². The van der Waals surface area contributed by atoms with Crippen molar-refractivity contribution in [1.29, 1.82) is 0 Å². The monoisotopic (exact) mass is 386 g/mol. The van der Waals surface area contributed by atoms with Crippen molar-refractivity contribution in [2.24, 2.45) is 0 Å². The second-order valence-corrected chi connectivity index (χ2v) is 8.49. The van der Waals surface area contributed by atoms with Gasteiger partial charge in [-0.25, -0.2) is 13.4 Å². The molecule has 0 amide bonds. The first-order chi connectivity index (χ1) is 13.1. The van der Waals surface area contributed by atoms with E-state index >= 15 is 0 Å². The van der Waals surface area contributed by atoms with Gasteiger partial charge in [0.2, 0.25) is 10.0 Å². The van der Waals surface area contributed by atoms with Crippen LogP contribution in [0.3, 0.4) is 0 Å². The maximum absolute atomic E-state index is 12.8. The topological polar surface area (TPSA) is 67.2 Å². The summed E-state index contributed by atoms with van der Waals surface area (Å²) in [6.45, 7) is 3.04. The van der Waals surface area contributed by atoms with Gasteiger partial charge in [0.15, 0.2) is 0 Å². The van der Waals surface area contributed by atoms with Gasteiger partial charge in [0, 0.05) is 45.1 Å². The van der Waals surface area contributed by atoms with Gasteiger partial charge >= 0.3 is 0 Å². The van der Waals surface area contributed by atoms with E-state index in [9.17, 15) is 8.42 Å². The van der Waals surface area contributed by atoms with Crippen molar-refractivity contribution in [2.45, 2.75) is 11.4 Å². The average molecular weight is 386 g/mol. The molecule has 3 aromatic rings. The molecule has 0 saturated carbocycles. The van der Waals surface area contributed by atoms with E-state index in [1.807, 2.05) is 35.0 Å². The number of pyridine rings is 1. The smallest absolute Gasteiger partial charge is 0.243 e. The summed E-state index contributed by atoms with van der Waals surface area (Å²) in [7, 11) is -1.91. The maximum Gasteiger partial charge on any atom is 0.243 e. The summed E-state index contributed by atoms with van der Waals surface area (Å²) in [5.41, 5.74) is 1.92. The Kier molecular flexibility index (Phi) is 4.86. The zero-order valence-electron chi connectivity index (χ0n) is 15.2. The molecular formula is C19H22N4O3S. The molecule has 1 fully saturated rings. The number of sulfonamides is 1. The van der Waals surface area contributed by atoms with Gasteiger partial charge in [0.1, 0.15) is 11.4 Å². The number of ether oxygens (including phenoxy) is 1. The highest BCUT2D eigenvalue weighted by atomic mass is 32.2. The van der Waals surface area contributed by atoms with Gasteiger partial charge in [-0.2, -0.15) is 4.31 Å². The van der Waals surface area contributed by atoms with Crippen molar-refractivity contribution < 1.29 is 13.2 Å². The number of nitrogens with zero attached hydrogens (tertiary/aromatic N) is 4. The first-order valence-corrected chi connectivity index (χ1v) is 10.3. The Bertz CT molecular complexity index is 990. The molecule has 1 aromatic carbocycles. The summed E-state index contributed by atoms with van der Waals surface area (Å²) < 4.78 is 34.3. The third-order valence-corrected chi connectivity index (χ3v) is 6.74. The minimum Gasteiger partial charge on any atom is -0.497 e. The summed E-state index contributed by atoms with van der Waals surface area (Å²) in [5.74, 6) is 0.645. The van der Waals surface area contributed by atoms with Crippen LogP contribution in [0.15, 0.2) is 59.8 Å². The minimum absolute atomic E-state index is 0.303. The predicted molar refractivity (Wildman–Crippen MR) is 102 cm³/mol. The standard InChI is InChI=1S/C19H22N4O3S/c1-26-17-5-7-18(8-6-17)27(24,25)23-12-10-21(11-13-23)14-16-15-22-9-3-2-4-19(22)20-16/h2-9,15H,10-14H2,1H3. The zero-order chi connectivity index (χ0) is 18.9. The second kappa shape index (κ2) is 7.30. The molecule has 0 bridgehead atoms. The highest BCUT2D eigenvalue weighted by molar-refractivity contribution is 7.89. The first-order valence-electron chi connectivity index (χ1n) is 8.85. The first kappa shape index (κ1) is 18.0. The van der Waals surface area contributed by atoms with Gasteiger partial charge in [0.05, 0.1) is 17.7 Å². The molecule has 0 N–H and O–H groups in total. The van der Waals surface area contributed by atoms with Gasteiger partial charge in [-0.1, -0.05) is 6.07 Å². The highest BCUT2D eigenvalue weighted by Gasteiger charge is 2.28. The van der Waals surface area contributed by atoms with E-state index < -0.39 is 10.0 Å². The Morgan fingerprint density at radius 2 is 1.78 bits per heavy atom. The molecule has 3 heterocycles. The van der Waals surface area contributed by atoms with Crippen molar-refractivity contribution in [3.8, 4) is 5.75 Å². The van der Waals surface area contributed by atoms with Crippen LogP contribution in [-0.2, 0) is 16.6 Å². The summed E-state index contributed by atoms with van der Waals surface area (Å²) in [6, 6.07) is 12.5. The Balaban J connectivity index is 1.40. The molecule has 8 heteroatoms. The number of piperazine rings is 1. The van der Waals surface area contributed by atoms with Crippen molar-refractivity contribution in [3.05, 3.63) is 60.6 Å². The van der Waals surface area contributed by atoms with Crippen LogP contribution in [0.5, 0.6) is 5.75 Å². The normalized spacial score (nSPS) is 16.6. The van der Waals surface area contributed by atoms with Gasteiger partial charge in [-0.05, 0) is 36.4 Å². The maximum atomic E-state index is 12.8. The lowest BCUT2D eigenvalue weighted by Gasteiger charge is -2.33. The third kappa shape index (κ3) is 3.69. The fourth-order valence-corrected chi connectivity index (χ4v) is 4.74. The molecule has 27 heavy (non-hydrogen) atoms. The van der Waals surface area contributed by atoms with Crippen LogP contribution < -0.4 is 4.74 Å². The Labute approximate surface area is 158 Å². The Hall–Kier alpha value is -2.42. The molecule has 0 unspecified atom stereocenters. The fourth-order valence-electron chi connectivity index (χ4n) is 3.32. The van der Waals surface area contributed by atoms with Crippen LogP contribution in [0.4, 0.5) is 0 Å². The molecule has 0 spiro atoms. The van der Waals surface area contributed by atoms with E-state index in [4.69, 9.17) is 4.74 Å². The molecular weight excluding hydrogens is 364 g/mol. The van der Waals surface area contributed by atoms with Gasteiger partial charge < -0.3 is 9.14 Å². The number of hydrogen-bond acceptors (Lipinski definition) is 5. The Morgan fingerprint density at radius 3 is 2.44 bits per heavy atom. The predicted octanol–water partition coefficient (Wildman–Crippen LogP) is 1.85. The van der Waals surface area contributed by atoms with Gasteiger partial charge in [-0.15, -0.1) is 0 Å². The lowest BCUT2D eigenvalue weighted by molar-refractivity contribution is 0.180. The molecule has 7 nitrogen and oxygen atoms in total. The van der Waals surface area contributed by atoms with Crippen LogP contribution in [0, 0.1) is 0 Å². The zero-order valence-corrected chi connectivity index (χ0v) is 16.0. The fraction of sp³-hybridized carbons (Fsp3) is 0.316. The van der Waals surface area contributed by atoms with Gasteiger partial charge in [0.25, 0.3) is 0 Å². The number of imidazole rings is 1. The molecule has 0 radical (unpaired) electrons. The SMILES string of the molecule is COc1ccc(S(=O)(=O)N2CCN(Cc3cn4ccccc4n3)CC2)cc1. The second-order valence-electron chi connectivity index (χ2n) is 6.55. The third-order valence-electron chi connectivity index (χ3n) is 4.83. The molecule has 2 aromatic heterocycles. The number of benzene rings is 1. The van der Waals surface area contributed by atoms with Crippen LogP contribution in [0.25, 0.3) is 5.65 Å². The van der Waals surface area contributed by atoms with Crippen LogP contribution in [0.2, 0.25) is 0 Å². The lowest BCUT2D eigenvalue weighted by atomic mass is 10.3. The molecule has 1 aliphatic heterocycles. The molecule has 142 valence electrons. The van der Waals surface area contributed by atoms with E-state index in [0.29, 0.717) is 36.8 Å². The van der Waals surface area contributed by atoms with Crippen molar-refractivity contribution in [2.75, 3.05) is 33.3 Å². The lowest BCUT2D eigenvalue weighted by Crippen LogP contribution is -2.48. The van der Waals surface area contributed by atoms with E-state index in [-0.39, 0.29) is 0 Å². The summed E-state index contributed by atoms with van der Waals surface area (Å²) in [4.78, 5) is 7.16. The highest BCUT2D eigenvalue weighted by Crippen LogP contribution is 2.21. The summed E-state index contributed by atoms with van der Waals surface area (Å²) in [5, 5.41) is 0. The van der Waals surface area contributed by atoms with Crippen LogP contribution >= 0.6 is 0 Å². The quantitative estimate of drug-likeness (QED) is 0.670. The number of rotatable bonds is 5. The number of hydrogen-bond donors (Lipinski definition) is 0. The molecule has 0 atom stereocenters. The molecule has 1 saturated heterocycles. The van der Waals surface area contributed by atoms with E-state index in [2.05, 4.69) is 9.88 Å². The van der Waals surface area contributed by atoms with E-state index in [0.717, 1.165) is 17.9 Å². The van der Waals surface area contributed by atoms with Crippen LogP contribution in [-0.4, -0.2) is 60.3 Å². The number of aromatic nitrogens is 2. The van der Waals surface area contributed by atoms with Gasteiger partial charge in [-0.3, -0.25) is 4.90 Å². The average Bonchev–Trinajstić information content (AvgIpc) is 3.10. The minimum atomic E-state index is -3.47. The number of methoxy groups -OCH3 is 1. The summed E-state index contributed by atoms with van der Waals surface area (Å²) >= 11 is 0. The van der Waals surface area contributed by atoms with Crippen molar-refractivity contribution in [1.82, 2.24) is 18.6 Å². The summed E-state index contributed by atoms with van der Waals surface area (Å²) in [6.07, 6.45) is 4.00. The number of fused-ring (bicyclic) bond motifs is 1. The molecule has 0 aliphatic carbocycles. The van der Waals surface area contributed by atoms with Crippen molar-refractivity contribution in [3.63, 3.8) is 0 Å². The van der Waals surface area contributed by atoms with E-state index in [1.54, 1.807) is 35.7 Å².